The van der Waals surface area contributed by atoms with Crippen molar-refractivity contribution in [3.05, 3.63) is 58.7 Å². The van der Waals surface area contributed by atoms with Crippen molar-refractivity contribution in [2.75, 3.05) is 4.72 Å². The summed E-state index contributed by atoms with van der Waals surface area (Å²) in [5.41, 5.74) is 1.51. The molecule has 0 saturated heterocycles. The minimum Gasteiger partial charge on any atom is -0.392 e. The van der Waals surface area contributed by atoms with Crippen LogP contribution in [0.4, 0.5) is 14.5 Å². The van der Waals surface area contributed by atoms with Crippen LogP contribution in [-0.4, -0.2) is 19.3 Å². The van der Waals surface area contributed by atoms with E-state index in [0.717, 1.165) is 29.7 Å². The van der Waals surface area contributed by atoms with Crippen molar-refractivity contribution < 1.29 is 27.1 Å². The number of ketones is 1. The number of halogens is 2. The van der Waals surface area contributed by atoms with E-state index < -0.39 is 32.0 Å². The third kappa shape index (κ3) is 2.74. The number of benzene rings is 2. The lowest BCUT2D eigenvalue weighted by Crippen LogP contribution is -2.39. The van der Waals surface area contributed by atoms with Crippen molar-refractivity contribution in [1.29, 1.82) is 0 Å². The largest absolute Gasteiger partial charge is 0.392 e. The Morgan fingerprint density at radius 2 is 1.89 bits per heavy atom. The summed E-state index contributed by atoms with van der Waals surface area (Å²) in [7, 11) is -4.30. The van der Waals surface area contributed by atoms with Gasteiger partial charge in [0.05, 0.1) is 12.0 Å². The maximum absolute atomic E-state index is 13.9. The van der Waals surface area contributed by atoms with Gasteiger partial charge in [0, 0.05) is 18.2 Å². The van der Waals surface area contributed by atoms with Gasteiger partial charge in [-0.05, 0) is 53.8 Å². The van der Waals surface area contributed by atoms with Crippen LogP contribution >= 0.6 is 0 Å². The van der Waals surface area contributed by atoms with Crippen molar-refractivity contribution in [2.24, 2.45) is 0 Å². The molecule has 1 fully saturated rings. The predicted molar refractivity (Wildman–Crippen MR) is 93.8 cm³/mol. The molecule has 1 spiro atoms. The van der Waals surface area contributed by atoms with Crippen molar-refractivity contribution in [2.45, 2.75) is 42.6 Å². The minimum absolute atomic E-state index is 0.0861. The van der Waals surface area contributed by atoms with Crippen LogP contribution in [0.25, 0.3) is 0 Å². The Morgan fingerprint density at radius 3 is 2.48 bits per heavy atom. The smallest absolute Gasteiger partial charge is 0.264 e. The topological polar surface area (TPSA) is 83.5 Å². The number of carbonyl (C=O) groups excluding carboxylic acids is 1. The number of sulfonamides is 1. The standard InChI is InChI=1S/C19H17F2NO4S/c20-12-2-3-17(16(21)7-12)27(25,26)22-13-6-11(10-23)14-9-18(24)19(4-1-5-19)15(14)8-13/h2-3,6-8,22-23H,1,4-5,9-10H2. The molecule has 0 atom stereocenters. The summed E-state index contributed by atoms with van der Waals surface area (Å²) in [6.45, 7) is -0.341. The lowest BCUT2D eigenvalue weighted by atomic mass is 9.64. The van der Waals surface area contributed by atoms with E-state index in [2.05, 4.69) is 4.72 Å². The molecule has 2 aromatic rings. The van der Waals surface area contributed by atoms with E-state index in [1.807, 2.05) is 0 Å². The molecule has 5 nitrogen and oxygen atoms in total. The zero-order chi connectivity index (χ0) is 19.4. The molecule has 1 saturated carbocycles. The van der Waals surface area contributed by atoms with Crippen molar-refractivity contribution in [1.82, 2.24) is 0 Å². The van der Waals surface area contributed by atoms with Gasteiger partial charge in [-0.3, -0.25) is 9.52 Å². The third-order valence-electron chi connectivity index (χ3n) is 5.54. The van der Waals surface area contributed by atoms with E-state index in [1.54, 1.807) is 6.07 Å². The molecule has 2 aromatic carbocycles. The number of carbonyl (C=O) groups is 1. The van der Waals surface area contributed by atoms with E-state index >= 15 is 0 Å². The fourth-order valence-electron chi connectivity index (χ4n) is 4.03. The Bertz CT molecular complexity index is 1060. The SMILES string of the molecule is O=C1Cc2c(CO)cc(NS(=O)(=O)c3ccc(F)cc3F)cc2C12CCC2. The third-order valence-corrected chi connectivity index (χ3v) is 6.96. The van der Waals surface area contributed by atoms with Crippen LogP contribution in [-0.2, 0) is 33.3 Å². The first kappa shape index (κ1) is 18.1. The summed E-state index contributed by atoms with van der Waals surface area (Å²) in [6.07, 6.45) is 2.54. The fraction of sp³-hybridized carbons (Fsp3) is 0.316. The van der Waals surface area contributed by atoms with Crippen LogP contribution in [0.15, 0.2) is 35.2 Å². The summed E-state index contributed by atoms with van der Waals surface area (Å²) < 4.78 is 54.3. The highest BCUT2D eigenvalue weighted by Crippen LogP contribution is 2.51. The van der Waals surface area contributed by atoms with E-state index in [0.29, 0.717) is 24.5 Å². The van der Waals surface area contributed by atoms with Gasteiger partial charge in [0.25, 0.3) is 10.0 Å². The first-order chi connectivity index (χ1) is 12.8. The fourth-order valence-corrected chi connectivity index (χ4v) is 5.13. The molecule has 0 amide bonds. The molecule has 142 valence electrons. The molecule has 2 aliphatic carbocycles. The monoisotopic (exact) mass is 393 g/mol. The highest BCUT2D eigenvalue weighted by atomic mass is 32.2. The highest BCUT2D eigenvalue weighted by Gasteiger charge is 2.51. The lowest BCUT2D eigenvalue weighted by molar-refractivity contribution is -0.125. The van der Waals surface area contributed by atoms with E-state index in [1.165, 1.54) is 6.07 Å². The number of hydrogen-bond donors (Lipinski definition) is 2. The first-order valence-corrected chi connectivity index (χ1v) is 10.0. The molecule has 0 radical (unpaired) electrons. The van der Waals surface area contributed by atoms with E-state index in [-0.39, 0.29) is 24.5 Å². The van der Waals surface area contributed by atoms with Gasteiger partial charge in [-0.1, -0.05) is 6.42 Å². The Labute approximate surface area is 155 Å². The second-order valence-corrected chi connectivity index (χ2v) is 8.69. The normalized spacial score (nSPS) is 17.7. The van der Waals surface area contributed by atoms with Crippen LogP contribution in [0.3, 0.4) is 0 Å². The van der Waals surface area contributed by atoms with Crippen LogP contribution in [0.5, 0.6) is 0 Å². The molecule has 0 bridgehead atoms. The van der Waals surface area contributed by atoms with Crippen LogP contribution in [0.2, 0.25) is 0 Å². The summed E-state index contributed by atoms with van der Waals surface area (Å²) in [5, 5.41) is 9.67. The lowest BCUT2D eigenvalue weighted by Gasteiger charge is -2.37. The van der Waals surface area contributed by atoms with Gasteiger partial charge in [-0.25, -0.2) is 17.2 Å². The van der Waals surface area contributed by atoms with Crippen LogP contribution < -0.4 is 4.72 Å². The van der Waals surface area contributed by atoms with E-state index in [9.17, 15) is 27.1 Å². The average Bonchev–Trinajstić information content (AvgIpc) is 2.85. The quantitative estimate of drug-likeness (QED) is 0.837. The highest BCUT2D eigenvalue weighted by molar-refractivity contribution is 7.92. The number of fused-ring (bicyclic) bond motifs is 2. The van der Waals surface area contributed by atoms with Gasteiger partial charge in [0.1, 0.15) is 22.3 Å². The number of anilines is 1. The van der Waals surface area contributed by atoms with Gasteiger partial charge < -0.3 is 5.11 Å². The number of Topliss-reactive ketones (excluding diaryl/α,β-unsaturated/α-hetero) is 1. The number of aliphatic hydroxyl groups is 1. The Kier molecular flexibility index (Phi) is 4.08. The first-order valence-electron chi connectivity index (χ1n) is 8.55. The summed E-state index contributed by atoms with van der Waals surface area (Å²) in [6, 6.07) is 5.25. The summed E-state index contributed by atoms with van der Waals surface area (Å²) >= 11 is 0. The van der Waals surface area contributed by atoms with Crippen molar-refractivity contribution in [3.8, 4) is 0 Å². The number of rotatable bonds is 4. The molecule has 27 heavy (non-hydrogen) atoms. The van der Waals surface area contributed by atoms with E-state index in [4.69, 9.17) is 0 Å². The summed E-state index contributed by atoms with van der Waals surface area (Å²) in [4.78, 5) is 11.8. The van der Waals surface area contributed by atoms with Gasteiger partial charge in [0.15, 0.2) is 0 Å². The van der Waals surface area contributed by atoms with Gasteiger partial charge in [-0.15, -0.1) is 0 Å². The second kappa shape index (κ2) is 6.10. The van der Waals surface area contributed by atoms with Crippen LogP contribution in [0.1, 0.15) is 36.0 Å². The average molecular weight is 393 g/mol. The molecule has 0 unspecified atom stereocenters. The molecule has 0 aliphatic heterocycles. The zero-order valence-corrected chi connectivity index (χ0v) is 15.1. The molecule has 8 heteroatoms. The molecular weight excluding hydrogens is 376 g/mol. The van der Waals surface area contributed by atoms with Crippen molar-refractivity contribution in [3.63, 3.8) is 0 Å². The van der Waals surface area contributed by atoms with Gasteiger partial charge in [-0.2, -0.15) is 0 Å². The van der Waals surface area contributed by atoms with Gasteiger partial charge >= 0.3 is 0 Å². The predicted octanol–water partition coefficient (Wildman–Crippen LogP) is 2.80. The Balaban J connectivity index is 1.76. The van der Waals surface area contributed by atoms with Gasteiger partial charge in [0.2, 0.25) is 0 Å². The molecule has 2 aliphatic rings. The number of aliphatic hydroxyl groups excluding tert-OH is 1. The molecule has 2 N–H and O–H groups in total. The Hall–Kier alpha value is -2.32. The second-order valence-electron chi connectivity index (χ2n) is 7.04. The molecule has 0 aromatic heterocycles. The number of hydrogen-bond acceptors (Lipinski definition) is 4. The minimum atomic E-state index is -4.30. The molecule has 0 heterocycles. The van der Waals surface area contributed by atoms with Crippen molar-refractivity contribution >= 4 is 21.5 Å². The summed E-state index contributed by atoms with van der Waals surface area (Å²) in [5.74, 6) is -1.99. The maximum atomic E-state index is 13.9. The maximum Gasteiger partial charge on any atom is 0.264 e. The zero-order valence-electron chi connectivity index (χ0n) is 14.3. The number of nitrogens with one attached hydrogen (secondary N) is 1. The Morgan fingerprint density at radius 1 is 1.15 bits per heavy atom. The van der Waals surface area contributed by atoms with Crippen LogP contribution in [0, 0.1) is 11.6 Å². The molecule has 4 rings (SSSR count). The molecular formula is C19H17F2NO4S.